The van der Waals surface area contributed by atoms with Gasteiger partial charge in [-0.25, -0.2) is 9.78 Å². The minimum absolute atomic E-state index is 0.130. The first kappa shape index (κ1) is 13.9. The second kappa shape index (κ2) is 5.61. The minimum Gasteiger partial charge on any atom is -0.461 e. The van der Waals surface area contributed by atoms with Gasteiger partial charge in [-0.3, -0.25) is 0 Å². The molecular weight excluding hydrogens is 246 g/mol. The van der Waals surface area contributed by atoms with Crippen LogP contribution in [0.25, 0.3) is 0 Å². The molecule has 0 spiro atoms. The van der Waals surface area contributed by atoms with E-state index in [4.69, 9.17) is 15.2 Å². The molecule has 6 heteroatoms. The van der Waals surface area contributed by atoms with E-state index in [1.165, 1.54) is 0 Å². The molecule has 0 radical (unpaired) electrons. The molecule has 1 aliphatic carbocycles. The maximum atomic E-state index is 11.8. The van der Waals surface area contributed by atoms with Crippen LogP contribution in [0.3, 0.4) is 0 Å². The number of ether oxygens (including phenoxy) is 2. The van der Waals surface area contributed by atoms with Crippen molar-refractivity contribution >= 4 is 11.8 Å². The fraction of sp³-hybridized carbons (Fsp3) is 0.692. The van der Waals surface area contributed by atoms with E-state index in [1.807, 2.05) is 11.5 Å². The van der Waals surface area contributed by atoms with Crippen LogP contribution >= 0.6 is 0 Å². The first-order valence-electron chi connectivity index (χ1n) is 6.64. The average molecular weight is 267 g/mol. The maximum Gasteiger partial charge on any atom is 0.360 e. The molecule has 19 heavy (non-hydrogen) atoms. The maximum absolute atomic E-state index is 11.8. The van der Waals surface area contributed by atoms with Crippen molar-refractivity contribution < 1.29 is 14.3 Å². The van der Waals surface area contributed by atoms with Crippen molar-refractivity contribution in [1.82, 2.24) is 9.55 Å². The second-order valence-corrected chi connectivity index (χ2v) is 4.76. The highest BCUT2D eigenvalue weighted by Crippen LogP contribution is 2.35. The van der Waals surface area contributed by atoms with Crippen LogP contribution in [0.1, 0.15) is 48.5 Å². The number of carbonyl (C=O) groups excluding carboxylic acids is 1. The van der Waals surface area contributed by atoms with E-state index in [0.29, 0.717) is 12.4 Å². The third-order valence-corrected chi connectivity index (χ3v) is 3.65. The Hall–Kier alpha value is -1.56. The molecule has 0 aliphatic heterocycles. The van der Waals surface area contributed by atoms with Crippen LogP contribution < -0.4 is 5.73 Å². The van der Waals surface area contributed by atoms with E-state index in [2.05, 4.69) is 4.98 Å². The molecule has 0 aromatic carbocycles. The topological polar surface area (TPSA) is 79.4 Å². The molecule has 0 saturated heterocycles. The van der Waals surface area contributed by atoms with Crippen LogP contribution in [0.15, 0.2) is 0 Å². The Morgan fingerprint density at radius 2 is 2.26 bits per heavy atom. The van der Waals surface area contributed by atoms with Crippen LogP contribution in [-0.4, -0.2) is 35.3 Å². The largest absolute Gasteiger partial charge is 0.461 e. The molecule has 6 nitrogen and oxygen atoms in total. The van der Waals surface area contributed by atoms with Crippen molar-refractivity contribution in [3.63, 3.8) is 0 Å². The molecule has 0 amide bonds. The number of imidazole rings is 1. The van der Waals surface area contributed by atoms with Gasteiger partial charge in [-0.2, -0.15) is 0 Å². The number of nitrogens with zero attached hydrogens (tertiary/aromatic N) is 2. The zero-order valence-corrected chi connectivity index (χ0v) is 11.7. The zero-order valence-electron chi connectivity index (χ0n) is 11.7. The van der Waals surface area contributed by atoms with Gasteiger partial charge < -0.3 is 19.8 Å². The normalized spacial score (nSPS) is 22.7. The van der Waals surface area contributed by atoms with Crippen molar-refractivity contribution in [3.05, 3.63) is 11.5 Å². The number of rotatable bonds is 4. The number of aryl methyl sites for hydroxylation is 1. The predicted octanol–water partition coefficient (Wildman–Crippen LogP) is 1.69. The van der Waals surface area contributed by atoms with E-state index >= 15 is 0 Å². The van der Waals surface area contributed by atoms with Crippen molar-refractivity contribution in [2.45, 2.75) is 45.3 Å². The Labute approximate surface area is 112 Å². The standard InChI is InChI=1S/C13H21N3O3/c1-4-19-13(17)11-12(14)16(8(2)15-11)9-6-5-7-10(9)18-3/h9-10H,4-7,14H2,1-3H3. The molecule has 1 aliphatic rings. The van der Waals surface area contributed by atoms with Crippen LogP contribution in [0, 0.1) is 6.92 Å². The third-order valence-electron chi connectivity index (χ3n) is 3.65. The lowest BCUT2D eigenvalue weighted by molar-refractivity contribution is 0.0520. The molecular formula is C13H21N3O3. The molecule has 1 fully saturated rings. The molecule has 106 valence electrons. The van der Waals surface area contributed by atoms with Crippen LogP contribution in [0.5, 0.6) is 0 Å². The van der Waals surface area contributed by atoms with E-state index in [0.717, 1.165) is 25.1 Å². The Bertz CT molecular complexity index is 470. The molecule has 1 aromatic rings. The average Bonchev–Trinajstić information content (AvgIpc) is 2.94. The van der Waals surface area contributed by atoms with Crippen molar-refractivity contribution in [2.75, 3.05) is 19.5 Å². The van der Waals surface area contributed by atoms with E-state index in [1.54, 1.807) is 14.0 Å². The summed E-state index contributed by atoms with van der Waals surface area (Å²) in [7, 11) is 1.71. The fourth-order valence-corrected chi connectivity index (χ4v) is 2.81. The number of hydrogen-bond acceptors (Lipinski definition) is 5. The molecule has 1 heterocycles. The quantitative estimate of drug-likeness (QED) is 0.840. The van der Waals surface area contributed by atoms with Crippen LogP contribution in [-0.2, 0) is 9.47 Å². The summed E-state index contributed by atoms with van der Waals surface area (Å²) < 4.78 is 12.4. The second-order valence-electron chi connectivity index (χ2n) is 4.76. The molecule has 2 atom stereocenters. The summed E-state index contributed by atoms with van der Waals surface area (Å²) in [4.78, 5) is 16.0. The fourth-order valence-electron chi connectivity index (χ4n) is 2.81. The van der Waals surface area contributed by atoms with Crippen LogP contribution in [0.2, 0.25) is 0 Å². The number of methoxy groups -OCH3 is 1. The summed E-state index contributed by atoms with van der Waals surface area (Å²) in [6, 6.07) is 0.153. The SMILES string of the molecule is CCOC(=O)c1nc(C)n(C2CCCC2OC)c1N. The van der Waals surface area contributed by atoms with E-state index in [-0.39, 0.29) is 17.8 Å². The lowest BCUT2D eigenvalue weighted by Gasteiger charge is -2.22. The summed E-state index contributed by atoms with van der Waals surface area (Å²) in [6.45, 7) is 3.92. The summed E-state index contributed by atoms with van der Waals surface area (Å²) in [5.41, 5.74) is 6.29. The molecule has 2 unspecified atom stereocenters. The molecule has 2 rings (SSSR count). The summed E-state index contributed by atoms with van der Waals surface area (Å²) >= 11 is 0. The van der Waals surface area contributed by atoms with Gasteiger partial charge in [0.25, 0.3) is 0 Å². The first-order chi connectivity index (χ1) is 9.10. The number of nitrogens with two attached hydrogens (primary N) is 1. The highest BCUT2D eigenvalue weighted by Gasteiger charge is 2.33. The van der Waals surface area contributed by atoms with Gasteiger partial charge in [0.1, 0.15) is 11.6 Å². The monoisotopic (exact) mass is 267 g/mol. The number of esters is 1. The lowest BCUT2D eigenvalue weighted by atomic mass is 10.2. The highest BCUT2D eigenvalue weighted by atomic mass is 16.5. The van der Waals surface area contributed by atoms with Gasteiger partial charge in [-0.1, -0.05) is 0 Å². The highest BCUT2D eigenvalue weighted by molar-refractivity contribution is 5.92. The van der Waals surface area contributed by atoms with Gasteiger partial charge in [-0.05, 0) is 33.1 Å². The van der Waals surface area contributed by atoms with Gasteiger partial charge in [0.15, 0.2) is 5.69 Å². The number of hydrogen-bond donors (Lipinski definition) is 1. The van der Waals surface area contributed by atoms with Crippen molar-refractivity contribution in [2.24, 2.45) is 0 Å². The number of carbonyl (C=O) groups is 1. The summed E-state index contributed by atoms with van der Waals surface area (Å²) in [5.74, 6) is 0.646. The van der Waals surface area contributed by atoms with Gasteiger partial charge in [-0.15, -0.1) is 0 Å². The number of nitrogen functional groups attached to an aromatic ring is 1. The summed E-state index contributed by atoms with van der Waals surface area (Å²) in [6.07, 6.45) is 3.22. The molecule has 2 N–H and O–H groups in total. The third kappa shape index (κ3) is 2.45. The Morgan fingerprint density at radius 3 is 2.89 bits per heavy atom. The zero-order chi connectivity index (χ0) is 14.0. The Morgan fingerprint density at radius 1 is 1.53 bits per heavy atom. The number of aromatic nitrogens is 2. The molecule has 1 aromatic heterocycles. The van der Waals surface area contributed by atoms with Gasteiger partial charge in [0.2, 0.25) is 0 Å². The Balaban J connectivity index is 2.34. The van der Waals surface area contributed by atoms with Gasteiger partial charge in [0, 0.05) is 7.11 Å². The molecule has 1 saturated carbocycles. The lowest BCUT2D eigenvalue weighted by Crippen LogP contribution is -2.23. The Kier molecular flexibility index (Phi) is 4.09. The van der Waals surface area contributed by atoms with Crippen molar-refractivity contribution in [3.8, 4) is 0 Å². The van der Waals surface area contributed by atoms with Gasteiger partial charge >= 0.3 is 5.97 Å². The minimum atomic E-state index is -0.464. The predicted molar refractivity (Wildman–Crippen MR) is 71.0 cm³/mol. The van der Waals surface area contributed by atoms with E-state index in [9.17, 15) is 4.79 Å². The van der Waals surface area contributed by atoms with Crippen LogP contribution in [0.4, 0.5) is 5.82 Å². The van der Waals surface area contributed by atoms with Crippen molar-refractivity contribution in [1.29, 1.82) is 0 Å². The summed E-state index contributed by atoms with van der Waals surface area (Å²) in [5, 5.41) is 0. The number of anilines is 1. The first-order valence-corrected chi connectivity index (χ1v) is 6.64. The molecule has 0 bridgehead atoms. The van der Waals surface area contributed by atoms with Gasteiger partial charge in [0.05, 0.1) is 18.8 Å². The smallest absolute Gasteiger partial charge is 0.360 e. The van der Waals surface area contributed by atoms with E-state index < -0.39 is 5.97 Å².